The summed E-state index contributed by atoms with van der Waals surface area (Å²) in [5.74, 6) is -0.855. The van der Waals surface area contributed by atoms with Gasteiger partial charge in [0.05, 0.1) is 12.8 Å². The van der Waals surface area contributed by atoms with E-state index in [4.69, 9.17) is 14.6 Å². The lowest BCUT2D eigenvalue weighted by Crippen LogP contribution is -2.49. The molecule has 0 aliphatic carbocycles. The Morgan fingerprint density at radius 1 is 1.25 bits per heavy atom. The fraction of sp³-hybridized carbons (Fsp3) is 0.467. The quantitative estimate of drug-likeness (QED) is 0.392. The van der Waals surface area contributed by atoms with Crippen LogP contribution in [0.5, 0.6) is 0 Å². The molecule has 2 amide bonds. The topological polar surface area (TPSA) is 125 Å². The molecule has 0 radical (unpaired) electrons. The van der Waals surface area contributed by atoms with Crippen LogP contribution in [0.4, 0.5) is 4.79 Å². The maximum absolute atomic E-state index is 12.2. The average Bonchev–Trinajstić information content (AvgIpc) is 2.52. The molecule has 2 atom stereocenters. The van der Waals surface area contributed by atoms with Gasteiger partial charge in [-0.1, -0.05) is 44.2 Å². The van der Waals surface area contributed by atoms with Gasteiger partial charge in [0.1, 0.15) is 6.04 Å². The van der Waals surface area contributed by atoms with Crippen LogP contribution in [0, 0.1) is 5.92 Å². The second-order valence-electron chi connectivity index (χ2n) is 5.46. The lowest BCUT2D eigenvalue weighted by Gasteiger charge is -2.21. The van der Waals surface area contributed by atoms with Gasteiger partial charge in [-0.3, -0.25) is 14.2 Å². The van der Waals surface area contributed by atoms with Crippen LogP contribution in [-0.4, -0.2) is 33.8 Å². The highest BCUT2D eigenvalue weighted by atomic mass is 31.2. The Balaban J connectivity index is 2.56. The van der Waals surface area contributed by atoms with Crippen molar-refractivity contribution in [3.63, 3.8) is 0 Å². The molecule has 0 fully saturated rings. The smallest absolute Gasteiger partial charge is 0.326 e. The Morgan fingerprint density at radius 3 is 2.42 bits per heavy atom. The van der Waals surface area contributed by atoms with Crippen LogP contribution in [0.1, 0.15) is 25.8 Å². The van der Waals surface area contributed by atoms with Crippen molar-refractivity contribution in [3.05, 3.63) is 35.9 Å². The second-order valence-corrected chi connectivity index (χ2v) is 7.16. The highest BCUT2D eigenvalue weighted by Gasteiger charge is 2.31. The van der Waals surface area contributed by atoms with Crippen molar-refractivity contribution in [3.8, 4) is 0 Å². The van der Waals surface area contributed by atoms with Gasteiger partial charge in [0.25, 0.3) is 0 Å². The molecule has 0 spiro atoms. The number of ketones is 1. The van der Waals surface area contributed by atoms with Crippen LogP contribution in [0.15, 0.2) is 30.3 Å². The van der Waals surface area contributed by atoms with Crippen molar-refractivity contribution in [1.82, 2.24) is 10.8 Å². The molecule has 1 rings (SSSR count). The first-order chi connectivity index (χ1) is 11.2. The van der Waals surface area contributed by atoms with E-state index in [0.717, 1.165) is 5.56 Å². The van der Waals surface area contributed by atoms with Crippen LogP contribution >= 0.6 is 7.60 Å². The lowest BCUT2D eigenvalue weighted by atomic mass is 9.98. The van der Waals surface area contributed by atoms with Crippen LogP contribution in [0.2, 0.25) is 0 Å². The van der Waals surface area contributed by atoms with Crippen LogP contribution in [0.25, 0.3) is 0 Å². The summed E-state index contributed by atoms with van der Waals surface area (Å²) in [7, 11) is -4.46. The van der Waals surface area contributed by atoms with Crippen molar-refractivity contribution in [2.24, 2.45) is 5.92 Å². The Labute approximate surface area is 140 Å². The molecule has 4 N–H and O–H groups in total. The van der Waals surface area contributed by atoms with E-state index in [-0.39, 0.29) is 6.61 Å². The van der Waals surface area contributed by atoms with Crippen molar-refractivity contribution >= 4 is 19.4 Å². The number of rotatable bonds is 9. The van der Waals surface area contributed by atoms with Crippen molar-refractivity contribution < 1.29 is 28.8 Å². The molecular formula is C15H23N2O6P. The Bertz CT molecular complexity index is 589. The molecule has 134 valence electrons. The number of hydrogen-bond acceptors (Lipinski definition) is 4. The molecule has 0 aliphatic heterocycles. The SMILES string of the molecule is CC[C@H](C)C(=O)C(CP(=O)(O)O)NC(=O)NOCc1ccccc1. The minimum absolute atomic E-state index is 0.122. The van der Waals surface area contributed by atoms with E-state index >= 15 is 0 Å². The summed E-state index contributed by atoms with van der Waals surface area (Å²) in [6.07, 6.45) is -0.243. The largest absolute Gasteiger partial charge is 0.339 e. The summed E-state index contributed by atoms with van der Waals surface area (Å²) in [5, 5.41) is 2.26. The van der Waals surface area contributed by atoms with Crippen LogP contribution in [0.3, 0.4) is 0 Å². The third kappa shape index (κ3) is 7.70. The molecule has 0 saturated carbocycles. The molecule has 1 aromatic rings. The zero-order valence-corrected chi connectivity index (χ0v) is 14.5. The van der Waals surface area contributed by atoms with E-state index in [2.05, 4.69) is 10.8 Å². The average molecular weight is 358 g/mol. The van der Waals surface area contributed by atoms with Gasteiger partial charge in [-0.25, -0.2) is 10.3 Å². The molecule has 24 heavy (non-hydrogen) atoms. The molecule has 8 nitrogen and oxygen atoms in total. The molecule has 1 unspecified atom stereocenters. The van der Waals surface area contributed by atoms with E-state index in [1.54, 1.807) is 13.8 Å². The summed E-state index contributed by atoms with van der Waals surface area (Å²) in [4.78, 5) is 47.1. The number of carbonyl (C=O) groups excluding carboxylic acids is 2. The highest BCUT2D eigenvalue weighted by molar-refractivity contribution is 7.51. The zero-order valence-electron chi connectivity index (χ0n) is 13.6. The zero-order chi connectivity index (χ0) is 18.2. The van der Waals surface area contributed by atoms with Gasteiger partial charge in [0, 0.05) is 5.92 Å². The first-order valence-electron chi connectivity index (χ1n) is 7.53. The van der Waals surface area contributed by atoms with Gasteiger partial charge in [-0.2, -0.15) is 0 Å². The molecule has 9 heteroatoms. The summed E-state index contributed by atoms with van der Waals surface area (Å²) in [6, 6.07) is 6.99. The van der Waals surface area contributed by atoms with Gasteiger partial charge < -0.3 is 15.1 Å². The fourth-order valence-corrected chi connectivity index (χ4v) is 2.68. The number of urea groups is 1. The molecular weight excluding hydrogens is 335 g/mol. The standard InChI is InChI=1S/C15H23N2O6P/c1-3-11(2)14(18)13(10-24(20,21)22)16-15(19)17-23-9-12-7-5-4-6-8-12/h4-8,11,13H,3,9-10H2,1-2H3,(H2,16,17,19)(H2,20,21,22)/t11-,13?/m0/s1. The number of amides is 2. The third-order valence-electron chi connectivity index (χ3n) is 3.41. The van der Waals surface area contributed by atoms with E-state index < -0.39 is 37.5 Å². The normalized spacial score (nSPS) is 13.8. The third-order valence-corrected chi connectivity index (χ3v) is 4.25. The number of Topliss-reactive ketones (excluding diaryl/α,β-unsaturated/α-hetero) is 1. The molecule has 0 aromatic heterocycles. The van der Waals surface area contributed by atoms with E-state index in [1.165, 1.54) is 0 Å². The van der Waals surface area contributed by atoms with E-state index in [9.17, 15) is 14.2 Å². The minimum atomic E-state index is -4.46. The van der Waals surface area contributed by atoms with Gasteiger partial charge >= 0.3 is 13.6 Å². The van der Waals surface area contributed by atoms with Crippen molar-refractivity contribution in [2.45, 2.75) is 32.9 Å². The van der Waals surface area contributed by atoms with Crippen LogP contribution < -0.4 is 10.8 Å². The summed E-state index contributed by atoms with van der Waals surface area (Å²) < 4.78 is 11.2. The fourth-order valence-electron chi connectivity index (χ4n) is 1.94. The molecule has 0 bridgehead atoms. The highest BCUT2D eigenvalue weighted by Crippen LogP contribution is 2.35. The Morgan fingerprint density at radius 2 is 1.88 bits per heavy atom. The maximum Gasteiger partial charge on any atom is 0.339 e. The van der Waals surface area contributed by atoms with Crippen LogP contribution in [-0.2, 0) is 20.8 Å². The summed E-state index contributed by atoms with van der Waals surface area (Å²) in [5.41, 5.74) is 2.94. The first kappa shape index (κ1) is 20.3. The monoisotopic (exact) mass is 358 g/mol. The van der Waals surface area contributed by atoms with Gasteiger partial charge in [-0.05, 0) is 12.0 Å². The summed E-state index contributed by atoms with van der Waals surface area (Å²) in [6.45, 7) is 3.54. The van der Waals surface area contributed by atoms with E-state index in [1.807, 2.05) is 30.3 Å². The van der Waals surface area contributed by atoms with Gasteiger partial charge in [0.2, 0.25) is 0 Å². The predicted molar refractivity (Wildman–Crippen MR) is 88.1 cm³/mol. The molecule has 1 aromatic carbocycles. The number of benzene rings is 1. The maximum atomic E-state index is 12.2. The van der Waals surface area contributed by atoms with Crippen molar-refractivity contribution in [1.29, 1.82) is 0 Å². The van der Waals surface area contributed by atoms with Crippen molar-refractivity contribution in [2.75, 3.05) is 6.16 Å². The minimum Gasteiger partial charge on any atom is -0.326 e. The van der Waals surface area contributed by atoms with Gasteiger partial charge in [-0.15, -0.1) is 0 Å². The number of carbonyl (C=O) groups is 2. The van der Waals surface area contributed by atoms with Gasteiger partial charge in [0.15, 0.2) is 5.78 Å². The number of hydroxylamine groups is 1. The Kier molecular flexibility index (Phi) is 8.07. The predicted octanol–water partition coefficient (Wildman–Crippen LogP) is 1.58. The lowest BCUT2D eigenvalue weighted by molar-refractivity contribution is -0.123. The second kappa shape index (κ2) is 9.54. The molecule has 0 saturated heterocycles. The first-order valence-corrected chi connectivity index (χ1v) is 9.33. The molecule has 0 aliphatic rings. The number of hydrogen-bond donors (Lipinski definition) is 4. The summed E-state index contributed by atoms with van der Waals surface area (Å²) >= 11 is 0. The number of nitrogens with one attached hydrogen (secondary N) is 2. The molecule has 0 heterocycles. The Hall–Kier alpha value is -1.73. The van der Waals surface area contributed by atoms with E-state index in [0.29, 0.717) is 6.42 Å².